The van der Waals surface area contributed by atoms with Gasteiger partial charge in [-0.3, -0.25) is 4.79 Å². The maximum atomic E-state index is 12.9. The second-order valence-corrected chi connectivity index (χ2v) is 8.33. The second kappa shape index (κ2) is 9.82. The van der Waals surface area contributed by atoms with Crippen molar-refractivity contribution in [3.8, 4) is 11.1 Å². The van der Waals surface area contributed by atoms with Crippen molar-refractivity contribution in [3.63, 3.8) is 0 Å². The Hall–Kier alpha value is -2.77. The summed E-state index contributed by atoms with van der Waals surface area (Å²) in [5.41, 5.74) is 4.57. The van der Waals surface area contributed by atoms with Crippen LogP contribution in [0.4, 0.5) is 0 Å². The topological polar surface area (TPSA) is 81.4 Å². The molecule has 2 aromatic carbocycles. The van der Waals surface area contributed by atoms with Gasteiger partial charge < -0.3 is 9.26 Å². The zero-order chi connectivity index (χ0) is 21.7. The molecule has 0 amide bonds. The van der Waals surface area contributed by atoms with Gasteiger partial charge in [-0.2, -0.15) is 0 Å². The summed E-state index contributed by atoms with van der Waals surface area (Å²) < 4.78 is 26.4. The minimum absolute atomic E-state index is 0.0660. The van der Waals surface area contributed by atoms with Gasteiger partial charge in [0.15, 0.2) is 0 Å². The number of esters is 1. The standard InChI is InChI=1S/C23H26N2O4S/c1-5-28-22(26)14-21(25-30(27)20-11-9-15(2)10-12-20)18-7-6-8-19(13-18)23-16(3)24-29-17(23)4/h6-13,21,25H,5,14H2,1-4H3/t21-,30+/m0/s1. The molecule has 7 heteroatoms. The fraction of sp³-hybridized carbons (Fsp3) is 0.304. The van der Waals surface area contributed by atoms with Gasteiger partial charge in [-0.25, -0.2) is 8.93 Å². The Morgan fingerprint density at radius 2 is 1.90 bits per heavy atom. The highest BCUT2D eigenvalue weighted by molar-refractivity contribution is 7.83. The van der Waals surface area contributed by atoms with Crippen molar-refractivity contribution in [2.75, 3.05) is 6.61 Å². The molecule has 1 heterocycles. The molecule has 158 valence electrons. The first-order valence-corrected chi connectivity index (χ1v) is 11.0. The van der Waals surface area contributed by atoms with E-state index in [-0.39, 0.29) is 12.4 Å². The second-order valence-electron chi connectivity index (χ2n) is 7.09. The Morgan fingerprint density at radius 3 is 2.53 bits per heavy atom. The lowest BCUT2D eigenvalue weighted by Crippen LogP contribution is -2.27. The van der Waals surface area contributed by atoms with Gasteiger partial charge >= 0.3 is 5.97 Å². The van der Waals surface area contributed by atoms with Crippen molar-refractivity contribution in [2.45, 2.75) is 45.1 Å². The smallest absolute Gasteiger partial charge is 0.307 e. The van der Waals surface area contributed by atoms with E-state index >= 15 is 0 Å². The average Bonchev–Trinajstić information content (AvgIpc) is 3.06. The number of rotatable bonds is 8. The van der Waals surface area contributed by atoms with Gasteiger partial charge in [-0.1, -0.05) is 41.1 Å². The summed E-state index contributed by atoms with van der Waals surface area (Å²) in [6.45, 7) is 7.79. The van der Waals surface area contributed by atoms with Gasteiger partial charge in [-0.15, -0.1) is 0 Å². The molecule has 3 rings (SSSR count). The molecule has 1 aromatic heterocycles. The number of ether oxygens (including phenoxy) is 1. The van der Waals surface area contributed by atoms with Crippen LogP contribution in [-0.2, 0) is 20.5 Å². The van der Waals surface area contributed by atoms with Crippen LogP contribution in [0.3, 0.4) is 0 Å². The summed E-state index contributed by atoms with van der Waals surface area (Å²) in [5.74, 6) is 0.376. The Bertz CT molecular complexity index is 1020. The van der Waals surface area contributed by atoms with Gasteiger partial charge in [-0.05, 0) is 57.0 Å². The fourth-order valence-electron chi connectivity index (χ4n) is 3.28. The van der Waals surface area contributed by atoms with E-state index in [1.807, 2.05) is 69.3 Å². The summed E-state index contributed by atoms with van der Waals surface area (Å²) in [7, 11) is -1.48. The minimum Gasteiger partial charge on any atom is -0.466 e. The van der Waals surface area contributed by atoms with Crippen LogP contribution in [0.5, 0.6) is 0 Å². The molecule has 0 bridgehead atoms. The normalized spacial score (nSPS) is 13.1. The van der Waals surface area contributed by atoms with E-state index in [2.05, 4.69) is 9.88 Å². The maximum absolute atomic E-state index is 12.9. The summed E-state index contributed by atoms with van der Waals surface area (Å²) in [6.07, 6.45) is 0.0660. The van der Waals surface area contributed by atoms with Crippen LogP contribution >= 0.6 is 0 Å². The molecule has 0 spiro atoms. The molecule has 1 N–H and O–H groups in total. The third-order valence-electron chi connectivity index (χ3n) is 4.77. The molecule has 0 fully saturated rings. The first-order valence-electron chi connectivity index (χ1n) is 9.82. The quantitative estimate of drug-likeness (QED) is 0.534. The number of nitrogens with one attached hydrogen (secondary N) is 1. The van der Waals surface area contributed by atoms with Gasteiger partial charge in [0.05, 0.1) is 29.7 Å². The van der Waals surface area contributed by atoms with Crippen LogP contribution in [0.25, 0.3) is 11.1 Å². The molecule has 0 radical (unpaired) electrons. The first-order chi connectivity index (χ1) is 14.4. The fourth-order valence-corrected chi connectivity index (χ4v) is 4.28. The van der Waals surface area contributed by atoms with Crippen LogP contribution in [0, 0.1) is 20.8 Å². The van der Waals surface area contributed by atoms with E-state index in [1.54, 1.807) is 6.92 Å². The molecule has 0 unspecified atom stereocenters. The molecular weight excluding hydrogens is 400 g/mol. The largest absolute Gasteiger partial charge is 0.466 e. The predicted octanol–water partition coefficient (Wildman–Crippen LogP) is 4.57. The molecule has 0 saturated heterocycles. The highest BCUT2D eigenvalue weighted by Crippen LogP contribution is 2.30. The molecule has 0 aliphatic carbocycles. The molecular formula is C23H26N2O4S. The summed E-state index contributed by atoms with van der Waals surface area (Å²) >= 11 is 0. The Labute approximate surface area is 179 Å². The zero-order valence-electron chi connectivity index (χ0n) is 17.6. The minimum atomic E-state index is -1.48. The van der Waals surface area contributed by atoms with Crippen LogP contribution < -0.4 is 4.72 Å². The van der Waals surface area contributed by atoms with Crippen molar-refractivity contribution in [1.82, 2.24) is 9.88 Å². The molecule has 6 nitrogen and oxygen atoms in total. The van der Waals surface area contributed by atoms with E-state index in [0.717, 1.165) is 33.7 Å². The van der Waals surface area contributed by atoms with Crippen molar-refractivity contribution < 1.29 is 18.3 Å². The Balaban J connectivity index is 1.92. The van der Waals surface area contributed by atoms with Crippen molar-refractivity contribution in [1.29, 1.82) is 0 Å². The number of hydrogen-bond donors (Lipinski definition) is 1. The number of carbonyl (C=O) groups is 1. The van der Waals surface area contributed by atoms with Gasteiger partial charge in [0.2, 0.25) is 0 Å². The van der Waals surface area contributed by atoms with Crippen LogP contribution in [-0.4, -0.2) is 21.9 Å². The predicted molar refractivity (Wildman–Crippen MR) is 116 cm³/mol. The van der Waals surface area contributed by atoms with E-state index in [4.69, 9.17) is 9.26 Å². The molecule has 0 saturated carbocycles. The van der Waals surface area contributed by atoms with E-state index < -0.39 is 17.0 Å². The average molecular weight is 427 g/mol. The van der Waals surface area contributed by atoms with Crippen molar-refractivity contribution in [2.24, 2.45) is 0 Å². The highest BCUT2D eigenvalue weighted by atomic mass is 32.2. The van der Waals surface area contributed by atoms with E-state index in [1.165, 1.54) is 0 Å². The molecule has 3 aromatic rings. The Morgan fingerprint density at radius 1 is 1.17 bits per heavy atom. The van der Waals surface area contributed by atoms with Crippen molar-refractivity contribution in [3.05, 3.63) is 71.1 Å². The lowest BCUT2D eigenvalue weighted by atomic mass is 9.97. The maximum Gasteiger partial charge on any atom is 0.307 e. The third kappa shape index (κ3) is 5.23. The number of carbonyl (C=O) groups excluding carboxylic acids is 1. The molecule has 30 heavy (non-hydrogen) atoms. The summed E-state index contributed by atoms with van der Waals surface area (Å²) in [6, 6.07) is 14.7. The number of benzene rings is 2. The molecule has 2 atom stereocenters. The van der Waals surface area contributed by atoms with Gasteiger partial charge in [0.1, 0.15) is 16.7 Å². The first kappa shape index (κ1) is 21.9. The van der Waals surface area contributed by atoms with Crippen LogP contribution in [0.15, 0.2) is 57.9 Å². The molecule has 0 aliphatic rings. The van der Waals surface area contributed by atoms with E-state index in [0.29, 0.717) is 11.5 Å². The summed E-state index contributed by atoms with van der Waals surface area (Å²) in [5, 5.41) is 4.02. The number of hydrogen-bond acceptors (Lipinski definition) is 5. The van der Waals surface area contributed by atoms with Crippen LogP contribution in [0.1, 0.15) is 42.0 Å². The lowest BCUT2D eigenvalue weighted by Gasteiger charge is -2.19. The highest BCUT2D eigenvalue weighted by Gasteiger charge is 2.21. The number of nitrogens with zero attached hydrogens (tertiary/aromatic N) is 1. The van der Waals surface area contributed by atoms with E-state index in [9.17, 15) is 9.00 Å². The third-order valence-corrected chi connectivity index (χ3v) is 5.97. The van der Waals surface area contributed by atoms with Gasteiger partial charge in [0.25, 0.3) is 0 Å². The van der Waals surface area contributed by atoms with Crippen molar-refractivity contribution >= 4 is 17.0 Å². The van der Waals surface area contributed by atoms with Crippen LogP contribution in [0.2, 0.25) is 0 Å². The monoisotopic (exact) mass is 426 g/mol. The van der Waals surface area contributed by atoms with Gasteiger partial charge in [0, 0.05) is 5.56 Å². The Kier molecular flexibility index (Phi) is 7.18. The zero-order valence-corrected chi connectivity index (χ0v) is 18.4. The number of aryl methyl sites for hydroxylation is 3. The lowest BCUT2D eigenvalue weighted by molar-refractivity contribution is -0.143. The summed E-state index contributed by atoms with van der Waals surface area (Å²) in [4.78, 5) is 12.9. The number of aromatic nitrogens is 1. The molecule has 0 aliphatic heterocycles. The SMILES string of the molecule is CCOC(=O)C[C@H](N[S@](=O)c1ccc(C)cc1)c1cccc(-c2c(C)noc2C)c1.